The van der Waals surface area contributed by atoms with E-state index in [9.17, 15) is 4.79 Å². The van der Waals surface area contributed by atoms with Crippen molar-refractivity contribution in [3.63, 3.8) is 0 Å². The summed E-state index contributed by atoms with van der Waals surface area (Å²) in [6, 6.07) is 10.0. The Morgan fingerprint density at radius 2 is 2.16 bits per heavy atom. The maximum atomic E-state index is 12.7. The number of nitrogens with zero attached hydrogens (tertiary/aromatic N) is 4. The number of likely N-dealkylation sites (tertiary alicyclic amines) is 1. The number of aromatic nitrogens is 3. The summed E-state index contributed by atoms with van der Waals surface area (Å²) in [5.41, 5.74) is 1.12. The highest BCUT2D eigenvalue weighted by molar-refractivity contribution is 5.78. The molecule has 1 aromatic carbocycles. The van der Waals surface area contributed by atoms with Gasteiger partial charge in [-0.25, -0.2) is 4.98 Å². The highest BCUT2D eigenvalue weighted by Gasteiger charge is 2.36. The Labute approximate surface area is 148 Å². The number of benzene rings is 1. The number of aromatic amines is 1. The Kier molecular flexibility index (Phi) is 5.45. The van der Waals surface area contributed by atoms with Gasteiger partial charge in [-0.3, -0.25) is 14.8 Å². The van der Waals surface area contributed by atoms with E-state index >= 15 is 0 Å². The predicted molar refractivity (Wildman–Crippen MR) is 93.8 cm³/mol. The Morgan fingerprint density at radius 3 is 2.80 bits per heavy atom. The van der Waals surface area contributed by atoms with E-state index in [2.05, 4.69) is 20.1 Å². The van der Waals surface area contributed by atoms with E-state index in [0.29, 0.717) is 19.6 Å². The number of nitrogens with one attached hydrogen (secondary N) is 1. The molecule has 0 spiro atoms. The molecule has 134 valence electrons. The molecule has 0 bridgehead atoms. The minimum atomic E-state index is 0.00368. The molecular weight excluding hydrogens is 318 g/mol. The van der Waals surface area contributed by atoms with Crippen LogP contribution in [0.25, 0.3) is 0 Å². The zero-order valence-corrected chi connectivity index (χ0v) is 15.0. The van der Waals surface area contributed by atoms with Crippen molar-refractivity contribution in [3.8, 4) is 0 Å². The van der Waals surface area contributed by atoms with Crippen LogP contribution < -0.4 is 0 Å². The number of hydrogen-bond donors (Lipinski definition) is 1. The molecule has 1 amide bonds. The van der Waals surface area contributed by atoms with Crippen molar-refractivity contribution in [2.75, 3.05) is 27.2 Å². The lowest BCUT2D eigenvalue weighted by Crippen LogP contribution is -2.38. The fourth-order valence-electron chi connectivity index (χ4n) is 3.22. The lowest BCUT2D eigenvalue weighted by atomic mass is 10.2. The van der Waals surface area contributed by atoms with Gasteiger partial charge in [0.1, 0.15) is 5.82 Å². The van der Waals surface area contributed by atoms with E-state index in [1.54, 1.807) is 12.0 Å². The van der Waals surface area contributed by atoms with E-state index in [4.69, 9.17) is 4.74 Å². The molecule has 0 radical (unpaired) electrons. The van der Waals surface area contributed by atoms with Gasteiger partial charge in [-0.2, -0.15) is 5.10 Å². The molecule has 1 aliphatic rings. The van der Waals surface area contributed by atoms with Crippen molar-refractivity contribution in [1.29, 1.82) is 0 Å². The van der Waals surface area contributed by atoms with Crippen LogP contribution in [0, 0.1) is 6.92 Å². The summed E-state index contributed by atoms with van der Waals surface area (Å²) in [5.74, 6) is 1.59. The van der Waals surface area contributed by atoms with Crippen LogP contribution in [0.15, 0.2) is 30.3 Å². The molecular formula is C18H25N5O2. The van der Waals surface area contributed by atoms with Gasteiger partial charge in [-0.1, -0.05) is 30.3 Å². The molecule has 25 heavy (non-hydrogen) atoms. The molecule has 0 saturated carbocycles. The van der Waals surface area contributed by atoms with Crippen molar-refractivity contribution < 1.29 is 9.53 Å². The van der Waals surface area contributed by atoms with Crippen LogP contribution in [0.1, 0.15) is 29.7 Å². The lowest BCUT2D eigenvalue weighted by Gasteiger charge is -2.25. The minimum Gasteiger partial charge on any atom is -0.380 e. The molecule has 3 rings (SSSR count). The van der Waals surface area contributed by atoms with Crippen LogP contribution >= 0.6 is 0 Å². The number of hydrogen-bond acceptors (Lipinski definition) is 5. The largest absolute Gasteiger partial charge is 0.380 e. The summed E-state index contributed by atoms with van der Waals surface area (Å²) in [7, 11) is 3.54. The average Bonchev–Trinajstić information content (AvgIpc) is 3.21. The van der Waals surface area contributed by atoms with Gasteiger partial charge in [0.15, 0.2) is 5.82 Å². The molecule has 1 N–H and O–H groups in total. The van der Waals surface area contributed by atoms with E-state index in [0.717, 1.165) is 23.6 Å². The maximum Gasteiger partial charge on any atom is 0.236 e. The molecule has 1 aromatic heterocycles. The Morgan fingerprint density at radius 1 is 1.40 bits per heavy atom. The molecule has 2 atom stereocenters. The number of ether oxygens (including phenoxy) is 1. The fourth-order valence-corrected chi connectivity index (χ4v) is 3.22. The molecule has 1 saturated heterocycles. The Balaban J connectivity index is 1.65. The highest BCUT2D eigenvalue weighted by Crippen LogP contribution is 2.31. The van der Waals surface area contributed by atoms with E-state index in [1.165, 1.54) is 0 Å². The van der Waals surface area contributed by atoms with Crippen molar-refractivity contribution in [2.24, 2.45) is 0 Å². The summed E-state index contributed by atoms with van der Waals surface area (Å²) in [6.45, 7) is 3.52. The molecule has 2 aromatic rings. The van der Waals surface area contributed by atoms with Gasteiger partial charge in [0, 0.05) is 27.2 Å². The summed E-state index contributed by atoms with van der Waals surface area (Å²) in [6.07, 6.45) is 0.889. The van der Waals surface area contributed by atoms with Crippen molar-refractivity contribution in [1.82, 2.24) is 25.0 Å². The number of rotatable bonds is 6. The minimum absolute atomic E-state index is 0.00368. The summed E-state index contributed by atoms with van der Waals surface area (Å²) < 4.78 is 5.51. The SMILES string of the molecule is CO[C@@H]1C[C@@H](c2n[nH]c(C)n2)N(CC(=O)N(C)Cc2ccccc2)C1. The Hall–Kier alpha value is -2.25. The predicted octanol–water partition coefficient (Wildman–Crippen LogP) is 1.53. The number of carbonyl (C=O) groups is 1. The third kappa shape index (κ3) is 4.24. The van der Waals surface area contributed by atoms with E-state index in [-0.39, 0.29) is 18.1 Å². The quantitative estimate of drug-likeness (QED) is 0.861. The first-order chi connectivity index (χ1) is 12.1. The first-order valence-corrected chi connectivity index (χ1v) is 8.50. The van der Waals surface area contributed by atoms with Gasteiger partial charge in [0.25, 0.3) is 0 Å². The summed E-state index contributed by atoms with van der Waals surface area (Å²) in [4.78, 5) is 21.0. The first-order valence-electron chi connectivity index (χ1n) is 8.50. The van der Waals surface area contributed by atoms with E-state index < -0.39 is 0 Å². The second-order valence-electron chi connectivity index (χ2n) is 6.55. The second kappa shape index (κ2) is 7.76. The number of aryl methyl sites for hydroxylation is 1. The van der Waals surface area contributed by atoms with Crippen LogP contribution in [0.2, 0.25) is 0 Å². The summed E-state index contributed by atoms with van der Waals surface area (Å²) in [5, 5.41) is 7.16. The molecule has 7 nitrogen and oxygen atoms in total. The first kappa shape index (κ1) is 17.6. The van der Waals surface area contributed by atoms with Gasteiger partial charge in [-0.05, 0) is 18.9 Å². The molecule has 7 heteroatoms. The van der Waals surface area contributed by atoms with Crippen LogP contribution in [0.3, 0.4) is 0 Å². The molecule has 0 aliphatic carbocycles. The van der Waals surface area contributed by atoms with Crippen LogP contribution in [0.4, 0.5) is 0 Å². The number of H-pyrrole nitrogens is 1. The van der Waals surface area contributed by atoms with E-state index in [1.807, 2.05) is 44.3 Å². The topological polar surface area (TPSA) is 74.3 Å². The molecule has 1 fully saturated rings. The van der Waals surface area contributed by atoms with Gasteiger partial charge in [-0.15, -0.1) is 0 Å². The third-order valence-corrected chi connectivity index (χ3v) is 4.64. The van der Waals surface area contributed by atoms with Crippen LogP contribution in [-0.4, -0.2) is 64.2 Å². The summed E-state index contributed by atoms with van der Waals surface area (Å²) >= 11 is 0. The molecule has 0 unspecified atom stereocenters. The smallest absolute Gasteiger partial charge is 0.236 e. The lowest BCUT2D eigenvalue weighted by molar-refractivity contribution is -0.132. The highest BCUT2D eigenvalue weighted by atomic mass is 16.5. The normalized spacial score (nSPS) is 20.8. The number of methoxy groups -OCH3 is 1. The second-order valence-corrected chi connectivity index (χ2v) is 6.55. The maximum absolute atomic E-state index is 12.7. The number of carbonyl (C=O) groups excluding carboxylic acids is 1. The monoisotopic (exact) mass is 343 g/mol. The van der Waals surface area contributed by atoms with Gasteiger partial charge in [0.05, 0.1) is 18.7 Å². The van der Waals surface area contributed by atoms with Crippen LogP contribution in [-0.2, 0) is 16.1 Å². The molecule has 1 aliphatic heterocycles. The van der Waals surface area contributed by atoms with Crippen LogP contribution in [0.5, 0.6) is 0 Å². The van der Waals surface area contributed by atoms with Crippen molar-refractivity contribution in [3.05, 3.63) is 47.5 Å². The third-order valence-electron chi connectivity index (χ3n) is 4.64. The fraction of sp³-hybridized carbons (Fsp3) is 0.500. The van der Waals surface area contributed by atoms with Crippen molar-refractivity contribution >= 4 is 5.91 Å². The Bertz CT molecular complexity index is 703. The average molecular weight is 343 g/mol. The standard InChI is InChI=1S/C18H25N5O2/c1-13-19-18(21-20-13)16-9-15(25-3)11-23(16)12-17(24)22(2)10-14-7-5-4-6-8-14/h4-8,15-16H,9-12H2,1-3H3,(H,19,20,21)/t15-,16+/m1/s1. The zero-order chi connectivity index (χ0) is 17.8. The number of likely N-dealkylation sites (N-methyl/N-ethyl adjacent to an activating group) is 1. The zero-order valence-electron chi connectivity index (χ0n) is 15.0. The van der Waals surface area contributed by atoms with Gasteiger partial charge < -0.3 is 9.64 Å². The molecule has 2 heterocycles. The van der Waals surface area contributed by atoms with Gasteiger partial charge >= 0.3 is 0 Å². The number of amides is 1. The van der Waals surface area contributed by atoms with Gasteiger partial charge in [0.2, 0.25) is 5.91 Å². The van der Waals surface area contributed by atoms with Crippen molar-refractivity contribution in [2.45, 2.75) is 32.0 Å².